The Morgan fingerprint density at radius 3 is 2.15 bits per heavy atom. The fraction of sp³-hybridized carbons (Fsp3) is 0.351. The van der Waals surface area contributed by atoms with E-state index in [4.69, 9.17) is 9.47 Å². The van der Waals surface area contributed by atoms with Crippen LogP contribution in [0.25, 0.3) is 10.9 Å². The molecule has 11 heteroatoms. The number of hydrogen-bond acceptors (Lipinski definition) is 6. The number of nitriles is 1. The largest absolute Gasteiger partial charge is 0.465 e. The molecule has 3 aromatic carbocycles. The van der Waals surface area contributed by atoms with Gasteiger partial charge >= 0.3 is 12.2 Å². The number of aromatic nitrogens is 1. The molecule has 1 aromatic heterocycles. The Labute approximate surface area is 280 Å². The molecule has 250 valence electrons. The maximum absolute atomic E-state index is 14.3. The second-order valence-electron chi connectivity index (χ2n) is 12.9. The molecule has 0 radical (unpaired) electrons. The van der Waals surface area contributed by atoms with Gasteiger partial charge in [0.05, 0.1) is 22.8 Å². The zero-order chi connectivity index (χ0) is 34.4. The first kappa shape index (κ1) is 33.9. The third-order valence-electron chi connectivity index (χ3n) is 8.23. The minimum absolute atomic E-state index is 0.0733. The summed E-state index contributed by atoms with van der Waals surface area (Å²) in [6.45, 7) is 7.51. The van der Waals surface area contributed by atoms with Crippen LogP contribution in [0, 0.1) is 11.3 Å². The molecule has 0 spiro atoms. The standard InChI is InChI=1S/C37H41N5O6/c1-5-41(36(45)46)32-30-20-13-25(22-38)21-31(30)42(23-24-11-18-29(19-12-24)47-28-9-7-6-8-10-28)33(32)34(43)39-26-14-16-27(17-15-26)40-35(44)48-37(2,3)4/h6-13,18-21,26-27H,5,14-17,23H2,1-4H3,(H,39,43)(H,40,44)(H,45,46)/t26-,27-. The Morgan fingerprint density at radius 1 is 0.938 bits per heavy atom. The molecule has 0 bridgehead atoms. The highest BCUT2D eigenvalue weighted by Gasteiger charge is 2.32. The minimum atomic E-state index is -1.19. The van der Waals surface area contributed by atoms with Crippen molar-refractivity contribution in [3.8, 4) is 17.6 Å². The third kappa shape index (κ3) is 8.07. The molecule has 1 aliphatic rings. The number of amides is 3. The van der Waals surface area contributed by atoms with E-state index in [2.05, 4.69) is 16.7 Å². The van der Waals surface area contributed by atoms with Crippen molar-refractivity contribution in [2.45, 2.75) is 77.6 Å². The second-order valence-corrected chi connectivity index (χ2v) is 12.9. The Balaban J connectivity index is 1.45. The second kappa shape index (κ2) is 14.5. The number of carbonyl (C=O) groups excluding carboxylic acids is 2. The van der Waals surface area contributed by atoms with Gasteiger partial charge in [0.25, 0.3) is 5.91 Å². The maximum atomic E-state index is 14.3. The zero-order valence-corrected chi connectivity index (χ0v) is 27.7. The number of fused-ring (bicyclic) bond motifs is 1. The Morgan fingerprint density at radius 2 is 1.56 bits per heavy atom. The summed E-state index contributed by atoms with van der Waals surface area (Å²) in [5.74, 6) is 0.941. The fourth-order valence-electron chi connectivity index (χ4n) is 6.04. The van der Waals surface area contributed by atoms with Crippen molar-refractivity contribution in [1.82, 2.24) is 15.2 Å². The molecule has 1 heterocycles. The van der Waals surface area contributed by atoms with Gasteiger partial charge < -0.3 is 29.8 Å². The molecule has 3 amide bonds. The van der Waals surface area contributed by atoms with E-state index in [1.54, 1.807) is 29.7 Å². The smallest absolute Gasteiger partial charge is 0.411 e. The summed E-state index contributed by atoms with van der Waals surface area (Å²) in [6.07, 6.45) is 0.900. The van der Waals surface area contributed by atoms with Crippen molar-refractivity contribution in [1.29, 1.82) is 5.26 Å². The van der Waals surface area contributed by atoms with Gasteiger partial charge in [-0.15, -0.1) is 0 Å². The summed E-state index contributed by atoms with van der Waals surface area (Å²) >= 11 is 0. The van der Waals surface area contributed by atoms with Gasteiger partial charge in [0.2, 0.25) is 0 Å². The van der Waals surface area contributed by atoms with Crippen LogP contribution in [0.3, 0.4) is 0 Å². The van der Waals surface area contributed by atoms with Crippen molar-refractivity contribution in [3.05, 3.63) is 89.6 Å². The lowest BCUT2D eigenvalue weighted by Crippen LogP contribution is -2.45. The number of carboxylic acid groups (broad SMARTS) is 1. The minimum Gasteiger partial charge on any atom is -0.465 e. The zero-order valence-electron chi connectivity index (χ0n) is 27.7. The van der Waals surface area contributed by atoms with E-state index in [9.17, 15) is 24.8 Å². The molecule has 5 rings (SSSR count). The first-order valence-electron chi connectivity index (χ1n) is 16.1. The molecular formula is C37H41N5O6. The van der Waals surface area contributed by atoms with Crippen molar-refractivity contribution in [2.24, 2.45) is 0 Å². The van der Waals surface area contributed by atoms with Gasteiger partial charge in [-0.25, -0.2) is 9.59 Å². The van der Waals surface area contributed by atoms with Gasteiger partial charge in [0.1, 0.15) is 22.8 Å². The topological polar surface area (TPSA) is 146 Å². The molecule has 0 aliphatic heterocycles. The third-order valence-corrected chi connectivity index (χ3v) is 8.23. The van der Waals surface area contributed by atoms with Crippen LogP contribution >= 0.6 is 0 Å². The number of para-hydroxylation sites is 1. The van der Waals surface area contributed by atoms with Crippen LogP contribution in [-0.2, 0) is 11.3 Å². The summed E-state index contributed by atoms with van der Waals surface area (Å²) < 4.78 is 13.1. The van der Waals surface area contributed by atoms with Crippen LogP contribution in [0.1, 0.15) is 75.0 Å². The monoisotopic (exact) mass is 651 g/mol. The van der Waals surface area contributed by atoms with Crippen LogP contribution in [0.2, 0.25) is 0 Å². The summed E-state index contributed by atoms with van der Waals surface area (Å²) in [5.41, 5.74) is 1.68. The Kier molecular flexibility index (Phi) is 10.2. The average molecular weight is 652 g/mol. The van der Waals surface area contributed by atoms with Crippen molar-refractivity contribution >= 4 is 34.7 Å². The molecule has 1 aliphatic carbocycles. The maximum Gasteiger partial charge on any atom is 0.411 e. The summed E-state index contributed by atoms with van der Waals surface area (Å²) in [4.78, 5) is 40.2. The molecular weight excluding hydrogens is 610 g/mol. The molecule has 3 N–H and O–H groups in total. The number of carbonyl (C=O) groups is 3. The van der Waals surface area contributed by atoms with Gasteiger partial charge in [-0.3, -0.25) is 9.69 Å². The fourth-order valence-corrected chi connectivity index (χ4v) is 6.04. The van der Waals surface area contributed by atoms with E-state index in [1.165, 1.54) is 0 Å². The molecule has 11 nitrogen and oxygen atoms in total. The van der Waals surface area contributed by atoms with Gasteiger partial charge in [-0.1, -0.05) is 30.3 Å². The lowest BCUT2D eigenvalue weighted by molar-refractivity contribution is 0.0487. The van der Waals surface area contributed by atoms with Crippen molar-refractivity contribution in [3.63, 3.8) is 0 Å². The predicted octanol–water partition coefficient (Wildman–Crippen LogP) is 7.42. The van der Waals surface area contributed by atoms with Crippen LogP contribution in [-0.4, -0.2) is 52.0 Å². The highest BCUT2D eigenvalue weighted by molar-refractivity contribution is 6.13. The van der Waals surface area contributed by atoms with E-state index in [0.717, 1.165) is 10.5 Å². The van der Waals surface area contributed by atoms with E-state index in [1.807, 2.05) is 75.4 Å². The van der Waals surface area contributed by atoms with Crippen LogP contribution in [0.4, 0.5) is 15.3 Å². The Hall–Kier alpha value is -5.50. The van der Waals surface area contributed by atoms with E-state index in [-0.39, 0.29) is 36.6 Å². The van der Waals surface area contributed by atoms with Gasteiger partial charge in [0, 0.05) is 30.6 Å². The predicted molar refractivity (Wildman–Crippen MR) is 183 cm³/mol. The normalized spacial score (nSPS) is 16.1. The summed E-state index contributed by atoms with van der Waals surface area (Å²) in [7, 11) is 0. The number of nitrogens with one attached hydrogen (secondary N) is 2. The highest BCUT2D eigenvalue weighted by atomic mass is 16.6. The number of nitrogens with zero attached hydrogens (tertiary/aromatic N) is 3. The quantitative estimate of drug-likeness (QED) is 0.171. The number of hydrogen-bond donors (Lipinski definition) is 3. The van der Waals surface area contributed by atoms with Crippen LogP contribution < -0.4 is 20.3 Å². The molecule has 0 atom stereocenters. The molecule has 48 heavy (non-hydrogen) atoms. The number of alkyl carbamates (subject to hydrolysis) is 1. The van der Waals surface area contributed by atoms with E-state index >= 15 is 0 Å². The van der Waals surface area contributed by atoms with Crippen LogP contribution in [0.15, 0.2) is 72.8 Å². The molecule has 1 saturated carbocycles. The number of ether oxygens (including phenoxy) is 2. The number of anilines is 1. The average Bonchev–Trinajstić information content (AvgIpc) is 3.35. The molecule has 0 unspecified atom stereocenters. The Bertz CT molecular complexity index is 1810. The van der Waals surface area contributed by atoms with Gasteiger partial charge in [0.15, 0.2) is 0 Å². The first-order valence-corrected chi connectivity index (χ1v) is 16.1. The highest BCUT2D eigenvalue weighted by Crippen LogP contribution is 2.36. The lowest BCUT2D eigenvalue weighted by atomic mass is 9.91. The van der Waals surface area contributed by atoms with Gasteiger partial charge in [-0.2, -0.15) is 5.26 Å². The van der Waals surface area contributed by atoms with Crippen molar-refractivity contribution < 1.29 is 29.0 Å². The van der Waals surface area contributed by atoms with Crippen LogP contribution in [0.5, 0.6) is 11.5 Å². The van der Waals surface area contributed by atoms with E-state index in [0.29, 0.717) is 53.6 Å². The van der Waals surface area contributed by atoms with Gasteiger partial charge in [-0.05, 0) is 101 Å². The SMILES string of the molecule is CCN(C(=O)O)c1c(C(=O)N[C@H]2CC[C@H](NC(=O)OC(C)(C)C)CC2)n(Cc2ccc(Oc3ccccc3)cc2)c2cc(C#N)ccc12. The summed E-state index contributed by atoms with van der Waals surface area (Å²) in [6, 6.07) is 23.8. The van der Waals surface area contributed by atoms with E-state index < -0.39 is 23.7 Å². The van der Waals surface area contributed by atoms with Crippen molar-refractivity contribution in [2.75, 3.05) is 11.4 Å². The summed E-state index contributed by atoms with van der Waals surface area (Å²) in [5, 5.41) is 26.6. The molecule has 4 aromatic rings. The number of benzene rings is 3. The molecule has 1 fully saturated rings. The lowest BCUT2D eigenvalue weighted by Gasteiger charge is -2.31. The first-order chi connectivity index (χ1) is 23.0. The number of rotatable bonds is 9. The molecule has 0 saturated heterocycles.